The third-order valence-corrected chi connectivity index (χ3v) is 9.58. The fourth-order valence-corrected chi connectivity index (χ4v) is 7.39. The van der Waals surface area contributed by atoms with Gasteiger partial charge < -0.3 is 90.3 Å². The summed E-state index contributed by atoms with van der Waals surface area (Å²) in [7, 11) is -25.0. The number of hydrogen-bond acceptors (Lipinski definition) is 22. The van der Waals surface area contributed by atoms with Gasteiger partial charge in [0.25, 0.3) is 7.82 Å². The molecule has 1 aliphatic rings. The minimum atomic E-state index is -6.35. The fourth-order valence-electron chi connectivity index (χ4n) is 4.81. The molecule has 3 unspecified atom stereocenters. The molecule has 0 heterocycles. The number of unbranched alkanes of at least 4 members (excludes halogenated alkanes) is 8. The predicted octanol–water partition coefficient (Wildman–Crippen LogP) is -23.6. The van der Waals surface area contributed by atoms with Crippen LogP contribution in [0.2, 0.25) is 0 Å². The van der Waals surface area contributed by atoms with Crippen molar-refractivity contribution in [2.75, 3.05) is 13.2 Å². The molecule has 58 heavy (non-hydrogen) atoms. The SMILES string of the molecule is CCCCCCCC(=O)OC[C@H](COP(=O)([O-])OC1[C@H](O)[C@H](OP(=O)([O-])[O-])C(OP(=O)([O-])[O-])[C@H](OP(=O)([O-])[O-])[C@H]1O)OC(=O)CCCCCCC.[Na+].[Na+].[Na+].[Na+].[Na+].[Na+].[Na+]. The molecule has 1 saturated carbocycles. The van der Waals surface area contributed by atoms with E-state index in [1.165, 1.54) is 0 Å². The third-order valence-electron chi connectivity index (χ3n) is 7.11. The zero-order chi connectivity index (χ0) is 39.0. The molecule has 0 aromatic carbocycles. The molecule has 33 heteroatoms. The molecule has 0 bridgehead atoms. The van der Waals surface area contributed by atoms with Crippen LogP contribution in [-0.4, -0.2) is 78.1 Å². The number of aliphatic hydroxyl groups excluding tert-OH is 2. The van der Waals surface area contributed by atoms with Gasteiger partial charge in [-0.1, -0.05) is 65.2 Å². The molecule has 0 radical (unpaired) electrons. The number of ether oxygens (including phenoxy) is 2. The molecule has 302 valence electrons. The third kappa shape index (κ3) is 37.2. The molecular formula is C25H43Na7O22P4. The van der Waals surface area contributed by atoms with Gasteiger partial charge in [-0.2, -0.15) is 0 Å². The van der Waals surface area contributed by atoms with E-state index < -0.39 is 99.2 Å². The average Bonchev–Trinajstić information content (AvgIpc) is 2.99. The van der Waals surface area contributed by atoms with Gasteiger partial charge in [-0.05, 0) is 12.8 Å². The molecule has 0 saturated heterocycles. The summed E-state index contributed by atoms with van der Waals surface area (Å²) in [5.74, 6) is -1.53. The Morgan fingerprint density at radius 2 is 0.879 bits per heavy atom. The van der Waals surface area contributed by atoms with Crippen LogP contribution in [0.15, 0.2) is 0 Å². The van der Waals surface area contributed by atoms with E-state index in [0.717, 1.165) is 44.9 Å². The van der Waals surface area contributed by atoms with Crippen molar-refractivity contribution in [3.63, 3.8) is 0 Å². The summed E-state index contributed by atoms with van der Waals surface area (Å²) in [5, 5.41) is 21.2. The summed E-state index contributed by atoms with van der Waals surface area (Å²) < 4.78 is 78.0. The second kappa shape index (κ2) is 40.1. The Morgan fingerprint density at radius 3 is 1.26 bits per heavy atom. The van der Waals surface area contributed by atoms with E-state index in [9.17, 15) is 72.3 Å². The molecule has 0 aromatic heterocycles. The van der Waals surface area contributed by atoms with Gasteiger partial charge in [0.1, 0.15) is 43.2 Å². The van der Waals surface area contributed by atoms with Crippen molar-refractivity contribution in [1.82, 2.24) is 0 Å². The van der Waals surface area contributed by atoms with Crippen LogP contribution in [0.25, 0.3) is 0 Å². The van der Waals surface area contributed by atoms with Crippen LogP contribution in [0.1, 0.15) is 90.9 Å². The Labute approximate surface area is 493 Å². The predicted molar refractivity (Wildman–Crippen MR) is 155 cm³/mol. The van der Waals surface area contributed by atoms with Gasteiger partial charge in [0.05, 0.1) is 30.1 Å². The molecule has 22 nitrogen and oxygen atoms in total. The van der Waals surface area contributed by atoms with E-state index >= 15 is 0 Å². The Balaban J connectivity index is -0.000000743. The zero-order valence-corrected chi connectivity index (χ0v) is 52.4. The maximum atomic E-state index is 12.8. The first kappa shape index (κ1) is 78.5. The number of aliphatic hydroxyl groups is 2. The Kier molecular flexibility index (Phi) is 54.2. The van der Waals surface area contributed by atoms with Crippen molar-refractivity contribution < 1.29 is 311 Å². The normalized spacial score (nSPS) is 21.8. The minimum Gasteiger partial charge on any atom is -0.790 e. The summed E-state index contributed by atoms with van der Waals surface area (Å²) >= 11 is 0. The van der Waals surface area contributed by atoms with Gasteiger partial charge in [-0.25, -0.2) is 0 Å². The molecule has 1 rings (SSSR count). The van der Waals surface area contributed by atoms with Crippen LogP contribution in [0, 0.1) is 0 Å². The van der Waals surface area contributed by atoms with E-state index in [2.05, 4.69) is 22.6 Å². The number of phosphoric ester groups is 4. The van der Waals surface area contributed by atoms with Gasteiger partial charge in [-0.3, -0.25) is 14.2 Å². The second-order valence-corrected chi connectivity index (χ2v) is 16.1. The molecule has 1 aliphatic carbocycles. The summed E-state index contributed by atoms with van der Waals surface area (Å²) in [6, 6.07) is 0. The van der Waals surface area contributed by atoms with Crippen molar-refractivity contribution in [3.8, 4) is 0 Å². The maximum absolute atomic E-state index is 12.8. The van der Waals surface area contributed by atoms with Gasteiger partial charge >= 0.3 is 219 Å². The van der Waals surface area contributed by atoms with E-state index in [0.29, 0.717) is 19.3 Å². The van der Waals surface area contributed by atoms with E-state index in [1.54, 1.807) is 0 Å². The summed E-state index contributed by atoms with van der Waals surface area (Å²) in [5.41, 5.74) is 0. The Morgan fingerprint density at radius 1 is 0.517 bits per heavy atom. The molecule has 0 amide bonds. The van der Waals surface area contributed by atoms with Crippen LogP contribution < -0.4 is 241 Å². The van der Waals surface area contributed by atoms with Crippen molar-refractivity contribution >= 4 is 43.2 Å². The first-order chi connectivity index (χ1) is 23.5. The van der Waals surface area contributed by atoms with E-state index in [1.807, 2.05) is 13.8 Å². The number of rotatable bonds is 26. The number of carbonyl (C=O) groups is 2. The van der Waals surface area contributed by atoms with Crippen molar-refractivity contribution in [3.05, 3.63) is 0 Å². The monoisotopic (exact) mass is 980 g/mol. The summed E-state index contributed by atoms with van der Waals surface area (Å²) in [4.78, 5) is 105. The smallest absolute Gasteiger partial charge is 0.790 e. The maximum Gasteiger partial charge on any atom is 1.00 e. The number of carbonyl (C=O) groups excluding carboxylic acids is 2. The summed E-state index contributed by atoms with van der Waals surface area (Å²) in [6.07, 6.45) is -11.8. The Hall–Kier alpha value is 6.30. The van der Waals surface area contributed by atoms with Crippen LogP contribution >= 0.6 is 31.3 Å². The van der Waals surface area contributed by atoms with Gasteiger partial charge in [0.15, 0.2) is 6.10 Å². The fraction of sp³-hybridized carbons (Fsp3) is 0.920. The molecular weight excluding hydrogens is 937 g/mol. The standard InChI is InChI=1S/C25H50O22P4.7Na/c1-3-5-7-9-11-13-18(26)41-15-17(43-19(27)14-12-10-8-6-4-2)16-42-51(39,40)47-22-20(28)23(44-48(30,31)32)25(46-50(36,37)38)24(21(22)29)45-49(33,34)35;;;;;;;/h17,20-25,28-29H,3-16H2,1-2H3,(H,39,40)(H2,30,31,32)(H2,33,34,35)(H2,36,37,38);;;;;;;/q;7*+1/p-7/t17-,20+,21+,22?,23-,24+,25?;;;;;;;/m1......./s1. The molecule has 2 N–H and O–H groups in total. The largest absolute Gasteiger partial charge is 1.00 e. The second-order valence-electron chi connectivity index (χ2n) is 11.5. The topological polar surface area (TPSA) is 369 Å². The molecule has 0 spiro atoms. The van der Waals surface area contributed by atoms with Crippen molar-refractivity contribution in [2.24, 2.45) is 0 Å². The number of hydrogen-bond donors (Lipinski definition) is 2. The first-order valence-electron chi connectivity index (χ1n) is 15.9. The van der Waals surface area contributed by atoms with Crippen molar-refractivity contribution in [1.29, 1.82) is 0 Å². The van der Waals surface area contributed by atoms with Crippen LogP contribution in [0.4, 0.5) is 0 Å². The average molecular weight is 980 g/mol. The van der Waals surface area contributed by atoms with Crippen molar-refractivity contribution in [2.45, 2.75) is 134 Å². The van der Waals surface area contributed by atoms with Gasteiger partial charge in [0, 0.05) is 12.8 Å². The first-order valence-corrected chi connectivity index (χ1v) is 21.8. The van der Waals surface area contributed by atoms with Crippen LogP contribution in [-0.2, 0) is 59.9 Å². The molecule has 0 aliphatic heterocycles. The van der Waals surface area contributed by atoms with E-state index in [4.69, 9.17) is 9.47 Å². The molecule has 8 atom stereocenters. The quantitative estimate of drug-likeness (QED) is 0.0352. The van der Waals surface area contributed by atoms with Crippen LogP contribution in [0.3, 0.4) is 0 Å². The zero-order valence-electron chi connectivity index (χ0n) is 34.8. The van der Waals surface area contributed by atoms with Gasteiger partial charge in [-0.15, -0.1) is 0 Å². The Bertz CT molecular complexity index is 1240. The van der Waals surface area contributed by atoms with E-state index in [-0.39, 0.29) is 220 Å². The minimum absolute atomic E-state index is 0. The van der Waals surface area contributed by atoms with Gasteiger partial charge in [0.2, 0.25) is 0 Å². The molecule has 1 fully saturated rings. The summed E-state index contributed by atoms with van der Waals surface area (Å²) in [6.45, 7) is 2.16. The molecule has 0 aromatic rings. The number of phosphoric acid groups is 4. The number of esters is 2. The van der Waals surface area contributed by atoms with Crippen LogP contribution in [0.5, 0.6) is 0 Å².